The van der Waals surface area contributed by atoms with E-state index in [0.717, 1.165) is 12.5 Å². The number of aliphatic hydroxyl groups is 1. The Bertz CT molecular complexity index is 501. The third kappa shape index (κ3) is 5.11. The van der Waals surface area contributed by atoms with Crippen LogP contribution in [0.5, 0.6) is 0 Å². The summed E-state index contributed by atoms with van der Waals surface area (Å²) in [6.07, 6.45) is 0.860. The highest BCUT2D eigenvalue weighted by atomic mass is 19.1. The number of amides is 1. The summed E-state index contributed by atoms with van der Waals surface area (Å²) in [4.78, 5) is 12.0. The maximum Gasteiger partial charge on any atom is 0.252 e. The smallest absolute Gasteiger partial charge is 0.252 e. The van der Waals surface area contributed by atoms with Crippen LogP contribution in [0.4, 0.5) is 4.39 Å². The molecule has 0 unspecified atom stereocenters. The minimum Gasteiger partial charge on any atom is -0.384 e. The molecule has 0 bridgehead atoms. The van der Waals surface area contributed by atoms with Crippen LogP contribution in [-0.4, -0.2) is 24.2 Å². The van der Waals surface area contributed by atoms with Gasteiger partial charge in [0.15, 0.2) is 0 Å². The van der Waals surface area contributed by atoms with Crippen molar-refractivity contribution in [2.45, 2.75) is 20.3 Å². The number of benzene rings is 1. The van der Waals surface area contributed by atoms with E-state index in [9.17, 15) is 9.18 Å². The number of hydrogen-bond donors (Lipinski definition) is 2. The van der Waals surface area contributed by atoms with Crippen LogP contribution >= 0.6 is 0 Å². The molecule has 3 nitrogen and oxygen atoms in total. The number of halogens is 1. The van der Waals surface area contributed by atoms with Crippen molar-refractivity contribution in [3.8, 4) is 11.8 Å². The lowest BCUT2D eigenvalue weighted by molar-refractivity contribution is 0.0951. The second-order valence-electron chi connectivity index (χ2n) is 4.59. The van der Waals surface area contributed by atoms with Crippen molar-refractivity contribution in [3.63, 3.8) is 0 Å². The first-order chi connectivity index (χ1) is 9.04. The summed E-state index contributed by atoms with van der Waals surface area (Å²) in [5.74, 6) is 4.76. The topological polar surface area (TPSA) is 49.3 Å². The maximum atomic E-state index is 13.2. The van der Waals surface area contributed by atoms with E-state index in [4.69, 9.17) is 5.11 Å². The third-order valence-corrected chi connectivity index (χ3v) is 2.54. The molecule has 0 fully saturated rings. The van der Waals surface area contributed by atoms with Crippen molar-refractivity contribution in [1.29, 1.82) is 0 Å². The number of nitrogens with one attached hydrogen (secondary N) is 1. The van der Waals surface area contributed by atoms with Gasteiger partial charge in [0, 0.05) is 12.1 Å². The second kappa shape index (κ2) is 7.55. The van der Waals surface area contributed by atoms with Gasteiger partial charge in [0.2, 0.25) is 0 Å². The molecular formula is C15H18FNO2. The minimum absolute atomic E-state index is 0.199. The summed E-state index contributed by atoms with van der Waals surface area (Å²) in [6.45, 7) is 4.37. The Kier molecular flexibility index (Phi) is 6.04. The standard InChI is InChI=1S/C15H18FNO2/c1-11(2)7-8-17-15(19)14-10-13(16)6-5-12(14)4-3-9-18/h5-6,10-11,18H,7-9H2,1-2H3,(H,17,19). The van der Waals surface area contributed by atoms with Crippen molar-refractivity contribution in [1.82, 2.24) is 5.32 Å². The molecule has 4 heteroatoms. The normalized spacial score (nSPS) is 9.95. The van der Waals surface area contributed by atoms with E-state index in [1.54, 1.807) is 0 Å². The Hall–Kier alpha value is -1.86. The molecule has 2 N–H and O–H groups in total. The molecular weight excluding hydrogens is 245 g/mol. The molecule has 1 rings (SSSR count). The molecule has 0 saturated carbocycles. The first-order valence-corrected chi connectivity index (χ1v) is 6.22. The Morgan fingerprint density at radius 3 is 2.84 bits per heavy atom. The molecule has 0 aliphatic heterocycles. The van der Waals surface area contributed by atoms with Crippen molar-refractivity contribution < 1.29 is 14.3 Å². The molecule has 1 amide bonds. The Balaban J connectivity index is 2.85. The van der Waals surface area contributed by atoms with E-state index in [1.165, 1.54) is 12.1 Å². The Morgan fingerprint density at radius 1 is 1.47 bits per heavy atom. The molecule has 0 spiro atoms. The van der Waals surface area contributed by atoms with Crippen LogP contribution in [0.1, 0.15) is 36.2 Å². The zero-order valence-electron chi connectivity index (χ0n) is 11.2. The van der Waals surface area contributed by atoms with Gasteiger partial charge in [-0.05, 0) is 30.5 Å². The molecule has 0 radical (unpaired) electrons. The lowest BCUT2D eigenvalue weighted by Gasteiger charge is -2.08. The van der Waals surface area contributed by atoms with Crippen LogP contribution in [0.3, 0.4) is 0 Å². The molecule has 0 aliphatic carbocycles. The van der Waals surface area contributed by atoms with Crippen LogP contribution in [0, 0.1) is 23.6 Å². The zero-order chi connectivity index (χ0) is 14.3. The van der Waals surface area contributed by atoms with Gasteiger partial charge in [-0.2, -0.15) is 0 Å². The van der Waals surface area contributed by atoms with Crippen molar-refractivity contribution in [2.24, 2.45) is 5.92 Å². The summed E-state index contributed by atoms with van der Waals surface area (Å²) in [5.41, 5.74) is 0.613. The van der Waals surface area contributed by atoms with E-state index in [1.807, 2.05) is 0 Å². The third-order valence-electron chi connectivity index (χ3n) is 2.54. The second-order valence-corrected chi connectivity index (χ2v) is 4.59. The van der Waals surface area contributed by atoms with Crippen LogP contribution < -0.4 is 5.32 Å². The quantitative estimate of drug-likeness (QED) is 0.816. The molecule has 1 aromatic carbocycles. The van der Waals surface area contributed by atoms with Crippen LogP contribution in [0.15, 0.2) is 18.2 Å². The number of rotatable bonds is 4. The van der Waals surface area contributed by atoms with E-state index in [2.05, 4.69) is 31.0 Å². The number of carbonyl (C=O) groups excluding carboxylic acids is 1. The number of hydrogen-bond acceptors (Lipinski definition) is 2. The van der Waals surface area contributed by atoms with E-state index in [-0.39, 0.29) is 18.1 Å². The van der Waals surface area contributed by atoms with Gasteiger partial charge >= 0.3 is 0 Å². The SMILES string of the molecule is CC(C)CCNC(=O)c1cc(F)ccc1C#CCO. The van der Waals surface area contributed by atoms with Gasteiger partial charge in [-0.1, -0.05) is 25.7 Å². The summed E-state index contributed by atoms with van der Waals surface area (Å²) < 4.78 is 13.2. The molecule has 0 aromatic heterocycles. The highest BCUT2D eigenvalue weighted by Gasteiger charge is 2.11. The summed E-state index contributed by atoms with van der Waals surface area (Å²) >= 11 is 0. The lowest BCUT2D eigenvalue weighted by Crippen LogP contribution is -2.26. The van der Waals surface area contributed by atoms with Crippen LogP contribution in [-0.2, 0) is 0 Å². The van der Waals surface area contributed by atoms with Gasteiger partial charge in [-0.15, -0.1) is 0 Å². The molecule has 19 heavy (non-hydrogen) atoms. The van der Waals surface area contributed by atoms with E-state index < -0.39 is 5.82 Å². The van der Waals surface area contributed by atoms with Crippen LogP contribution in [0.2, 0.25) is 0 Å². The first kappa shape index (κ1) is 15.2. The number of aliphatic hydroxyl groups excluding tert-OH is 1. The monoisotopic (exact) mass is 263 g/mol. The average molecular weight is 263 g/mol. The molecule has 0 heterocycles. The predicted octanol–water partition coefficient (Wildman–Crippen LogP) is 1.95. The molecule has 0 saturated heterocycles. The largest absolute Gasteiger partial charge is 0.384 e. The molecule has 0 atom stereocenters. The Morgan fingerprint density at radius 2 is 2.21 bits per heavy atom. The molecule has 1 aromatic rings. The molecule has 0 aliphatic rings. The lowest BCUT2D eigenvalue weighted by atomic mass is 10.1. The fraction of sp³-hybridized carbons (Fsp3) is 0.400. The van der Waals surface area contributed by atoms with Gasteiger partial charge in [-0.3, -0.25) is 4.79 Å². The average Bonchev–Trinajstić information content (AvgIpc) is 2.36. The fourth-order valence-electron chi connectivity index (χ4n) is 1.52. The van der Waals surface area contributed by atoms with E-state index in [0.29, 0.717) is 18.0 Å². The van der Waals surface area contributed by atoms with E-state index >= 15 is 0 Å². The van der Waals surface area contributed by atoms with Crippen molar-refractivity contribution in [2.75, 3.05) is 13.2 Å². The van der Waals surface area contributed by atoms with Crippen LogP contribution in [0.25, 0.3) is 0 Å². The predicted molar refractivity (Wildman–Crippen MR) is 72.2 cm³/mol. The van der Waals surface area contributed by atoms with Crippen molar-refractivity contribution >= 4 is 5.91 Å². The maximum absolute atomic E-state index is 13.2. The first-order valence-electron chi connectivity index (χ1n) is 6.22. The highest BCUT2D eigenvalue weighted by Crippen LogP contribution is 2.10. The number of carbonyl (C=O) groups is 1. The summed E-state index contributed by atoms with van der Waals surface area (Å²) in [5, 5.41) is 11.4. The van der Waals surface area contributed by atoms with Gasteiger partial charge in [0.1, 0.15) is 12.4 Å². The van der Waals surface area contributed by atoms with Crippen molar-refractivity contribution in [3.05, 3.63) is 35.1 Å². The highest BCUT2D eigenvalue weighted by molar-refractivity contribution is 5.96. The molecule has 102 valence electrons. The summed E-state index contributed by atoms with van der Waals surface area (Å²) in [7, 11) is 0. The van der Waals surface area contributed by atoms with Gasteiger partial charge in [0.25, 0.3) is 5.91 Å². The van der Waals surface area contributed by atoms with Gasteiger partial charge in [0.05, 0.1) is 5.56 Å². The summed E-state index contributed by atoms with van der Waals surface area (Å²) in [6, 6.07) is 3.84. The van der Waals surface area contributed by atoms with Gasteiger partial charge in [-0.25, -0.2) is 4.39 Å². The zero-order valence-corrected chi connectivity index (χ0v) is 11.2. The fourth-order valence-corrected chi connectivity index (χ4v) is 1.52. The van der Waals surface area contributed by atoms with Gasteiger partial charge < -0.3 is 10.4 Å². The minimum atomic E-state index is -0.483. The Labute approximate surface area is 112 Å².